The molecule has 2 heterocycles. The molecule has 2 nitrogen and oxygen atoms in total. The van der Waals surface area contributed by atoms with Gasteiger partial charge in [0.25, 0.3) is 0 Å². The monoisotopic (exact) mass is 182 g/mol. The lowest BCUT2D eigenvalue weighted by Crippen LogP contribution is -2.43. The molecule has 2 heteroatoms. The summed E-state index contributed by atoms with van der Waals surface area (Å²) in [5.74, 6) is 0.941. The highest BCUT2D eigenvalue weighted by molar-refractivity contribution is 4.85. The first-order valence-corrected chi connectivity index (χ1v) is 5.86. The maximum Gasteiger partial charge on any atom is 0.0108 e. The molecule has 0 aromatic rings. The van der Waals surface area contributed by atoms with Gasteiger partial charge < -0.3 is 10.2 Å². The van der Waals surface area contributed by atoms with Gasteiger partial charge in [0.05, 0.1) is 0 Å². The van der Waals surface area contributed by atoms with Crippen molar-refractivity contribution < 1.29 is 0 Å². The standard InChI is InChI=1S/C11H22N2/c1-2-13-8-4-5-10(9-13)11-6-3-7-12-11/h10-12H,2-9H2,1H3. The summed E-state index contributed by atoms with van der Waals surface area (Å²) in [4.78, 5) is 2.61. The van der Waals surface area contributed by atoms with E-state index in [1.807, 2.05) is 0 Å². The van der Waals surface area contributed by atoms with Gasteiger partial charge in [-0.15, -0.1) is 0 Å². The number of hydrogen-bond acceptors (Lipinski definition) is 2. The van der Waals surface area contributed by atoms with Crippen LogP contribution in [0, 0.1) is 5.92 Å². The van der Waals surface area contributed by atoms with Crippen molar-refractivity contribution in [2.45, 2.75) is 38.6 Å². The second-order valence-corrected chi connectivity index (χ2v) is 4.50. The van der Waals surface area contributed by atoms with Crippen LogP contribution in [-0.2, 0) is 0 Å². The Balaban J connectivity index is 1.84. The predicted octanol–water partition coefficient (Wildman–Crippen LogP) is 1.47. The van der Waals surface area contributed by atoms with Crippen LogP contribution < -0.4 is 5.32 Å². The van der Waals surface area contributed by atoms with E-state index in [0.717, 1.165) is 12.0 Å². The summed E-state index contributed by atoms with van der Waals surface area (Å²) in [6.07, 6.45) is 5.68. The Morgan fingerprint density at radius 3 is 2.92 bits per heavy atom. The summed E-state index contributed by atoms with van der Waals surface area (Å²) >= 11 is 0. The molecule has 0 spiro atoms. The molecular weight excluding hydrogens is 160 g/mol. The van der Waals surface area contributed by atoms with Crippen molar-refractivity contribution in [3.63, 3.8) is 0 Å². The minimum absolute atomic E-state index is 0.842. The van der Waals surface area contributed by atoms with Crippen molar-refractivity contribution in [3.8, 4) is 0 Å². The Hall–Kier alpha value is -0.0800. The molecule has 0 saturated carbocycles. The topological polar surface area (TPSA) is 15.3 Å². The zero-order valence-electron chi connectivity index (χ0n) is 8.76. The van der Waals surface area contributed by atoms with Crippen molar-refractivity contribution in [2.75, 3.05) is 26.2 Å². The fraction of sp³-hybridized carbons (Fsp3) is 1.00. The first kappa shape index (κ1) is 9.47. The second kappa shape index (κ2) is 4.43. The van der Waals surface area contributed by atoms with E-state index in [9.17, 15) is 0 Å². The third-order valence-corrected chi connectivity index (χ3v) is 3.66. The zero-order valence-corrected chi connectivity index (χ0v) is 8.76. The lowest BCUT2D eigenvalue weighted by atomic mass is 9.90. The molecule has 0 aliphatic carbocycles. The lowest BCUT2D eigenvalue weighted by molar-refractivity contribution is 0.158. The van der Waals surface area contributed by atoms with E-state index in [1.54, 1.807) is 0 Å². The Labute approximate surface area is 81.7 Å². The first-order chi connectivity index (χ1) is 6.40. The highest BCUT2D eigenvalue weighted by Gasteiger charge is 2.28. The van der Waals surface area contributed by atoms with Crippen molar-refractivity contribution in [2.24, 2.45) is 5.92 Å². The van der Waals surface area contributed by atoms with E-state index >= 15 is 0 Å². The van der Waals surface area contributed by atoms with Crippen LogP contribution >= 0.6 is 0 Å². The van der Waals surface area contributed by atoms with Gasteiger partial charge in [-0.2, -0.15) is 0 Å². The zero-order chi connectivity index (χ0) is 9.10. The number of rotatable bonds is 2. The maximum absolute atomic E-state index is 3.64. The van der Waals surface area contributed by atoms with Gasteiger partial charge in [0.1, 0.15) is 0 Å². The minimum Gasteiger partial charge on any atom is -0.314 e. The van der Waals surface area contributed by atoms with Crippen LogP contribution in [0.15, 0.2) is 0 Å². The third-order valence-electron chi connectivity index (χ3n) is 3.66. The van der Waals surface area contributed by atoms with E-state index in [1.165, 1.54) is 51.9 Å². The molecule has 0 radical (unpaired) electrons. The largest absolute Gasteiger partial charge is 0.314 e. The van der Waals surface area contributed by atoms with Crippen LogP contribution in [0.3, 0.4) is 0 Å². The maximum atomic E-state index is 3.64. The van der Waals surface area contributed by atoms with Gasteiger partial charge in [-0.25, -0.2) is 0 Å². The summed E-state index contributed by atoms with van der Waals surface area (Å²) in [5.41, 5.74) is 0. The summed E-state index contributed by atoms with van der Waals surface area (Å²) < 4.78 is 0. The smallest absolute Gasteiger partial charge is 0.0108 e. The van der Waals surface area contributed by atoms with Gasteiger partial charge in [-0.1, -0.05) is 6.92 Å². The van der Waals surface area contributed by atoms with E-state index in [4.69, 9.17) is 0 Å². The average molecular weight is 182 g/mol. The van der Waals surface area contributed by atoms with E-state index in [2.05, 4.69) is 17.1 Å². The van der Waals surface area contributed by atoms with Crippen LogP contribution in [0.1, 0.15) is 32.6 Å². The van der Waals surface area contributed by atoms with Gasteiger partial charge in [0.2, 0.25) is 0 Å². The summed E-state index contributed by atoms with van der Waals surface area (Å²) in [6, 6.07) is 0.842. The van der Waals surface area contributed by atoms with Gasteiger partial charge in [0, 0.05) is 12.6 Å². The molecular formula is C11H22N2. The van der Waals surface area contributed by atoms with Crippen molar-refractivity contribution in [3.05, 3.63) is 0 Å². The highest BCUT2D eigenvalue weighted by Crippen LogP contribution is 2.24. The molecule has 2 atom stereocenters. The van der Waals surface area contributed by atoms with Crippen LogP contribution in [0.25, 0.3) is 0 Å². The van der Waals surface area contributed by atoms with Gasteiger partial charge in [-0.3, -0.25) is 0 Å². The van der Waals surface area contributed by atoms with Crippen LogP contribution in [0.5, 0.6) is 0 Å². The van der Waals surface area contributed by atoms with Crippen molar-refractivity contribution >= 4 is 0 Å². The van der Waals surface area contributed by atoms with Gasteiger partial charge >= 0.3 is 0 Å². The molecule has 2 fully saturated rings. The van der Waals surface area contributed by atoms with Crippen LogP contribution in [-0.4, -0.2) is 37.1 Å². The third kappa shape index (κ3) is 2.23. The molecule has 0 aromatic heterocycles. The van der Waals surface area contributed by atoms with E-state index < -0.39 is 0 Å². The molecule has 2 aliphatic heterocycles. The summed E-state index contributed by atoms with van der Waals surface area (Å²) in [7, 11) is 0. The quantitative estimate of drug-likeness (QED) is 0.695. The number of likely N-dealkylation sites (tertiary alicyclic amines) is 1. The first-order valence-electron chi connectivity index (χ1n) is 5.86. The molecule has 76 valence electrons. The van der Waals surface area contributed by atoms with Crippen molar-refractivity contribution in [1.82, 2.24) is 10.2 Å². The second-order valence-electron chi connectivity index (χ2n) is 4.50. The van der Waals surface area contributed by atoms with E-state index in [0.29, 0.717) is 0 Å². The molecule has 0 aromatic carbocycles. The number of nitrogens with zero attached hydrogens (tertiary/aromatic N) is 1. The number of hydrogen-bond donors (Lipinski definition) is 1. The van der Waals surface area contributed by atoms with Crippen LogP contribution in [0.2, 0.25) is 0 Å². The molecule has 2 aliphatic rings. The lowest BCUT2D eigenvalue weighted by Gasteiger charge is -2.35. The summed E-state index contributed by atoms with van der Waals surface area (Å²) in [5, 5.41) is 3.64. The SMILES string of the molecule is CCN1CCCC(C2CCCN2)C1. The average Bonchev–Trinajstić information content (AvgIpc) is 2.71. The fourth-order valence-electron chi connectivity index (χ4n) is 2.82. The van der Waals surface area contributed by atoms with Gasteiger partial charge in [-0.05, 0) is 51.2 Å². The molecule has 13 heavy (non-hydrogen) atoms. The Kier molecular flexibility index (Phi) is 3.23. The normalized spacial score (nSPS) is 36.7. The van der Waals surface area contributed by atoms with Crippen LogP contribution in [0.4, 0.5) is 0 Å². The van der Waals surface area contributed by atoms with Crippen molar-refractivity contribution in [1.29, 1.82) is 0 Å². The minimum atomic E-state index is 0.842. The molecule has 2 unspecified atom stereocenters. The molecule has 2 rings (SSSR count). The Bertz CT molecular complexity index is 152. The molecule has 0 bridgehead atoms. The molecule has 1 N–H and O–H groups in total. The fourth-order valence-corrected chi connectivity index (χ4v) is 2.82. The Morgan fingerprint density at radius 1 is 1.31 bits per heavy atom. The van der Waals surface area contributed by atoms with Gasteiger partial charge in [0.15, 0.2) is 0 Å². The predicted molar refractivity (Wildman–Crippen MR) is 55.9 cm³/mol. The molecule has 2 saturated heterocycles. The molecule has 0 amide bonds. The number of nitrogens with one attached hydrogen (secondary N) is 1. The van der Waals surface area contributed by atoms with E-state index in [-0.39, 0.29) is 0 Å². The summed E-state index contributed by atoms with van der Waals surface area (Å²) in [6.45, 7) is 7.45. The Morgan fingerprint density at radius 2 is 2.23 bits per heavy atom. The highest BCUT2D eigenvalue weighted by atomic mass is 15.1. The number of piperidine rings is 1.